The number of fused-ring (bicyclic) bond motifs is 2. The van der Waals surface area contributed by atoms with Crippen LogP contribution in [0, 0.1) is 47.3 Å². The monoisotopic (exact) mass is 362 g/mol. The molecule has 8 atom stereocenters. The van der Waals surface area contributed by atoms with Gasteiger partial charge in [0.1, 0.15) is 0 Å². The van der Waals surface area contributed by atoms with E-state index in [0.29, 0.717) is 23.7 Å². The molecule has 0 aromatic rings. The Balaban J connectivity index is 1.53. The zero-order valence-electron chi connectivity index (χ0n) is 15.8. The van der Waals surface area contributed by atoms with Crippen molar-refractivity contribution < 1.29 is 19.8 Å². The van der Waals surface area contributed by atoms with Gasteiger partial charge < -0.3 is 10.2 Å². The summed E-state index contributed by atoms with van der Waals surface area (Å²) in [5, 5.41) is 19.1. The van der Waals surface area contributed by atoms with Crippen molar-refractivity contribution in [3.8, 4) is 0 Å². The van der Waals surface area contributed by atoms with Gasteiger partial charge in [0, 0.05) is 0 Å². The van der Waals surface area contributed by atoms with Crippen molar-refractivity contribution in [2.24, 2.45) is 47.3 Å². The van der Waals surface area contributed by atoms with Crippen molar-refractivity contribution in [1.82, 2.24) is 0 Å². The molecule has 4 nitrogen and oxygen atoms in total. The highest BCUT2D eigenvalue weighted by Gasteiger charge is 2.48. The van der Waals surface area contributed by atoms with Crippen LogP contribution in [0.4, 0.5) is 0 Å². The largest absolute Gasteiger partial charge is 0.481 e. The molecule has 2 N–H and O–H groups in total. The Labute approximate surface area is 156 Å². The first kappa shape index (κ1) is 18.3. The number of carboxylic acid groups (broad SMARTS) is 2. The first-order valence-corrected chi connectivity index (χ1v) is 11.0. The molecule has 0 bridgehead atoms. The predicted octanol–water partition coefficient (Wildman–Crippen LogP) is 4.82. The Morgan fingerprint density at radius 3 is 1.35 bits per heavy atom. The van der Waals surface area contributed by atoms with E-state index >= 15 is 0 Å². The highest BCUT2D eigenvalue weighted by Crippen LogP contribution is 2.55. The number of hydrogen-bond acceptors (Lipinski definition) is 2. The van der Waals surface area contributed by atoms with Gasteiger partial charge in [-0.25, -0.2) is 0 Å². The average Bonchev–Trinajstić information content (AvgIpc) is 2.66. The molecular formula is C22H34O4. The zero-order valence-corrected chi connectivity index (χ0v) is 15.8. The van der Waals surface area contributed by atoms with Gasteiger partial charge in [0.25, 0.3) is 0 Å². The number of rotatable bonds is 3. The topological polar surface area (TPSA) is 74.6 Å². The fraction of sp³-hybridized carbons (Fsp3) is 0.909. The Morgan fingerprint density at radius 2 is 0.962 bits per heavy atom. The van der Waals surface area contributed by atoms with Gasteiger partial charge in [0.2, 0.25) is 0 Å². The molecule has 0 saturated heterocycles. The summed E-state index contributed by atoms with van der Waals surface area (Å²) in [6, 6.07) is 0. The molecule has 4 aliphatic carbocycles. The van der Waals surface area contributed by atoms with Crippen LogP contribution in [0.15, 0.2) is 0 Å². The van der Waals surface area contributed by atoms with Crippen molar-refractivity contribution in [3.05, 3.63) is 0 Å². The van der Waals surface area contributed by atoms with E-state index in [4.69, 9.17) is 0 Å². The summed E-state index contributed by atoms with van der Waals surface area (Å²) in [5.74, 6) is 2.42. The summed E-state index contributed by atoms with van der Waals surface area (Å²) in [6.45, 7) is 0. The van der Waals surface area contributed by atoms with E-state index in [2.05, 4.69) is 0 Å². The van der Waals surface area contributed by atoms with Crippen molar-refractivity contribution in [1.29, 1.82) is 0 Å². The lowest BCUT2D eigenvalue weighted by Gasteiger charge is -2.52. The molecule has 0 aromatic heterocycles. The van der Waals surface area contributed by atoms with E-state index < -0.39 is 11.9 Å². The van der Waals surface area contributed by atoms with Crippen LogP contribution in [0.5, 0.6) is 0 Å². The van der Waals surface area contributed by atoms with E-state index in [1.807, 2.05) is 0 Å². The third-order valence-electron chi connectivity index (χ3n) is 8.67. The second kappa shape index (κ2) is 7.52. The van der Waals surface area contributed by atoms with Gasteiger partial charge in [-0.3, -0.25) is 9.59 Å². The fourth-order valence-corrected chi connectivity index (χ4v) is 7.47. The smallest absolute Gasteiger partial charge is 0.306 e. The van der Waals surface area contributed by atoms with Crippen LogP contribution in [0.25, 0.3) is 0 Å². The number of carboxylic acids is 2. The lowest BCUT2D eigenvalue weighted by Crippen LogP contribution is -2.45. The van der Waals surface area contributed by atoms with Gasteiger partial charge in [0.15, 0.2) is 0 Å². The van der Waals surface area contributed by atoms with Gasteiger partial charge in [0.05, 0.1) is 11.8 Å². The van der Waals surface area contributed by atoms with Crippen LogP contribution >= 0.6 is 0 Å². The second-order valence-electron chi connectivity index (χ2n) is 9.73. The van der Waals surface area contributed by atoms with Crippen LogP contribution in [0.3, 0.4) is 0 Å². The van der Waals surface area contributed by atoms with E-state index in [1.54, 1.807) is 0 Å². The summed E-state index contributed by atoms with van der Waals surface area (Å²) in [6.07, 6.45) is 13.3. The second-order valence-corrected chi connectivity index (χ2v) is 9.73. The number of carbonyl (C=O) groups is 2. The summed E-state index contributed by atoms with van der Waals surface area (Å²) in [5.41, 5.74) is 0. The molecule has 0 radical (unpaired) electrons. The third-order valence-corrected chi connectivity index (χ3v) is 8.67. The molecule has 4 rings (SSSR count). The Bertz CT molecular complexity index is 496. The van der Waals surface area contributed by atoms with Crippen LogP contribution in [-0.4, -0.2) is 22.2 Å². The van der Waals surface area contributed by atoms with E-state index in [1.165, 1.54) is 38.5 Å². The SMILES string of the molecule is O=C(O)C1CCC2CCCC(C3CCCC4CCC(C(=O)O)CC43)C2C1. The molecular weight excluding hydrogens is 328 g/mol. The highest BCUT2D eigenvalue weighted by molar-refractivity contribution is 5.70. The van der Waals surface area contributed by atoms with E-state index in [9.17, 15) is 19.8 Å². The highest BCUT2D eigenvalue weighted by atomic mass is 16.4. The van der Waals surface area contributed by atoms with Gasteiger partial charge >= 0.3 is 11.9 Å². The van der Waals surface area contributed by atoms with Crippen molar-refractivity contribution in [3.63, 3.8) is 0 Å². The molecule has 4 saturated carbocycles. The van der Waals surface area contributed by atoms with Gasteiger partial charge in [-0.05, 0) is 86.9 Å². The van der Waals surface area contributed by atoms with Crippen molar-refractivity contribution >= 4 is 11.9 Å². The Kier molecular flexibility index (Phi) is 5.29. The molecule has 146 valence electrons. The summed E-state index contributed by atoms with van der Waals surface area (Å²) in [7, 11) is 0. The predicted molar refractivity (Wildman–Crippen MR) is 98.6 cm³/mol. The Morgan fingerprint density at radius 1 is 0.538 bits per heavy atom. The average molecular weight is 363 g/mol. The Hall–Kier alpha value is -1.06. The molecule has 26 heavy (non-hydrogen) atoms. The molecule has 0 aliphatic heterocycles. The standard InChI is InChI=1S/C22H34O4/c23-21(24)15-9-7-13-3-1-5-17(19(13)11-15)18-6-2-4-14-8-10-16(22(25)26)12-20(14)18/h13-20H,1-12H2,(H,23,24)(H,25,26). The maximum atomic E-state index is 11.6. The maximum Gasteiger partial charge on any atom is 0.306 e. The number of hydrogen-bond donors (Lipinski definition) is 2. The van der Waals surface area contributed by atoms with E-state index in [-0.39, 0.29) is 11.8 Å². The molecule has 0 spiro atoms. The minimum atomic E-state index is -0.599. The van der Waals surface area contributed by atoms with Crippen LogP contribution in [0.1, 0.15) is 77.0 Å². The van der Waals surface area contributed by atoms with Gasteiger partial charge in [-0.2, -0.15) is 0 Å². The van der Waals surface area contributed by atoms with Crippen LogP contribution in [-0.2, 0) is 9.59 Å². The van der Waals surface area contributed by atoms with Gasteiger partial charge in [-0.15, -0.1) is 0 Å². The summed E-state index contributed by atoms with van der Waals surface area (Å²) >= 11 is 0. The summed E-state index contributed by atoms with van der Waals surface area (Å²) in [4.78, 5) is 23.2. The minimum Gasteiger partial charge on any atom is -0.481 e. The molecule has 4 heteroatoms. The van der Waals surface area contributed by atoms with Crippen molar-refractivity contribution in [2.45, 2.75) is 77.0 Å². The lowest BCUT2D eigenvalue weighted by molar-refractivity contribution is -0.147. The molecule has 4 aliphatic rings. The quantitative estimate of drug-likeness (QED) is 0.755. The first-order chi connectivity index (χ1) is 12.5. The zero-order chi connectivity index (χ0) is 18.3. The first-order valence-electron chi connectivity index (χ1n) is 11.0. The van der Waals surface area contributed by atoms with Crippen LogP contribution in [0.2, 0.25) is 0 Å². The van der Waals surface area contributed by atoms with Crippen LogP contribution < -0.4 is 0 Å². The molecule has 4 fully saturated rings. The fourth-order valence-electron chi connectivity index (χ4n) is 7.47. The molecule has 8 unspecified atom stereocenters. The third kappa shape index (κ3) is 3.41. The molecule has 0 aromatic carbocycles. The van der Waals surface area contributed by atoms with Crippen molar-refractivity contribution in [2.75, 3.05) is 0 Å². The molecule has 0 amide bonds. The summed E-state index contributed by atoms with van der Waals surface area (Å²) < 4.78 is 0. The lowest BCUT2D eigenvalue weighted by atomic mass is 9.53. The molecule has 0 heterocycles. The normalized spacial score (nSPS) is 46.0. The number of aliphatic carboxylic acids is 2. The minimum absolute atomic E-state index is 0.144. The van der Waals surface area contributed by atoms with Gasteiger partial charge in [-0.1, -0.05) is 25.7 Å². The van der Waals surface area contributed by atoms with E-state index in [0.717, 1.165) is 50.4 Å². The maximum absolute atomic E-state index is 11.6.